The molecule has 2 aromatic heterocycles. The number of rotatable bonds is 6. The molecule has 1 fully saturated rings. The van der Waals surface area contributed by atoms with Gasteiger partial charge in [-0.15, -0.1) is 0 Å². The molecule has 3 rings (SSSR count). The molecule has 0 amide bonds. The minimum atomic E-state index is -0.00473. The van der Waals surface area contributed by atoms with Crippen LogP contribution in [0.2, 0.25) is 0 Å². The number of aryl methyl sites for hydroxylation is 2. The van der Waals surface area contributed by atoms with Gasteiger partial charge >= 0.3 is 0 Å². The van der Waals surface area contributed by atoms with Gasteiger partial charge in [0.05, 0.1) is 17.8 Å². The molecule has 0 aliphatic carbocycles. The summed E-state index contributed by atoms with van der Waals surface area (Å²) in [5.74, 6) is 0.468. The lowest BCUT2D eigenvalue weighted by Gasteiger charge is -2.22. The Labute approximate surface area is 138 Å². The van der Waals surface area contributed by atoms with E-state index in [9.17, 15) is 0 Å². The van der Waals surface area contributed by atoms with Crippen molar-refractivity contribution in [3.8, 4) is 0 Å². The number of hydrogen-bond donors (Lipinski definition) is 0. The van der Waals surface area contributed by atoms with Crippen molar-refractivity contribution in [1.29, 1.82) is 0 Å². The van der Waals surface area contributed by atoms with Crippen molar-refractivity contribution in [3.05, 3.63) is 23.5 Å². The van der Waals surface area contributed by atoms with Crippen molar-refractivity contribution >= 4 is 11.0 Å². The summed E-state index contributed by atoms with van der Waals surface area (Å²) in [5, 5.41) is 4.68. The van der Waals surface area contributed by atoms with E-state index in [2.05, 4.69) is 30.0 Å². The SMILES string of the molecule is CC(C)c1ccnc2c(CCCOC3CCCCO3)nn(C)c12. The van der Waals surface area contributed by atoms with Gasteiger partial charge in [0.1, 0.15) is 5.52 Å². The number of fused-ring (bicyclic) bond motifs is 1. The summed E-state index contributed by atoms with van der Waals surface area (Å²) in [5.41, 5.74) is 4.57. The molecular weight excluding hydrogens is 290 g/mol. The Morgan fingerprint density at radius 3 is 3.00 bits per heavy atom. The maximum atomic E-state index is 5.81. The Morgan fingerprint density at radius 1 is 1.39 bits per heavy atom. The fourth-order valence-corrected chi connectivity index (χ4v) is 3.23. The van der Waals surface area contributed by atoms with E-state index >= 15 is 0 Å². The third-order valence-corrected chi connectivity index (χ3v) is 4.44. The second-order valence-corrected chi connectivity index (χ2v) is 6.59. The Balaban J connectivity index is 1.63. The second-order valence-electron chi connectivity index (χ2n) is 6.59. The molecule has 1 aliphatic rings. The fourth-order valence-electron chi connectivity index (χ4n) is 3.23. The molecule has 23 heavy (non-hydrogen) atoms. The lowest BCUT2D eigenvalue weighted by Crippen LogP contribution is -2.22. The summed E-state index contributed by atoms with van der Waals surface area (Å²) < 4.78 is 13.4. The monoisotopic (exact) mass is 317 g/mol. The van der Waals surface area contributed by atoms with Crippen LogP contribution >= 0.6 is 0 Å². The molecule has 1 saturated heterocycles. The maximum absolute atomic E-state index is 5.81. The second kappa shape index (κ2) is 7.41. The standard InChI is InChI=1S/C18H27N3O2/c1-13(2)14-9-10-19-17-15(20-21(3)18(14)17)7-6-12-23-16-8-4-5-11-22-16/h9-10,13,16H,4-8,11-12H2,1-3H3. The quantitative estimate of drug-likeness (QED) is 0.764. The van der Waals surface area contributed by atoms with Crippen LogP contribution in [0.25, 0.3) is 11.0 Å². The van der Waals surface area contributed by atoms with Crippen LogP contribution in [0.1, 0.15) is 56.7 Å². The minimum absolute atomic E-state index is 0.00473. The van der Waals surface area contributed by atoms with Gasteiger partial charge < -0.3 is 9.47 Å². The van der Waals surface area contributed by atoms with E-state index in [0.717, 1.165) is 49.0 Å². The van der Waals surface area contributed by atoms with Crippen LogP contribution in [0.4, 0.5) is 0 Å². The fraction of sp³-hybridized carbons (Fsp3) is 0.667. The van der Waals surface area contributed by atoms with Crippen LogP contribution in [0.3, 0.4) is 0 Å². The van der Waals surface area contributed by atoms with Crippen molar-refractivity contribution in [2.24, 2.45) is 7.05 Å². The van der Waals surface area contributed by atoms with E-state index < -0.39 is 0 Å². The summed E-state index contributed by atoms with van der Waals surface area (Å²) in [6, 6.07) is 2.10. The average molecular weight is 317 g/mol. The van der Waals surface area contributed by atoms with Gasteiger partial charge in [-0.05, 0) is 49.7 Å². The molecule has 5 nitrogen and oxygen atoms in total. The lowest BCUT2D eigenvalue weighted by molar-refractivity contribution is -0.162. The van der Waals surface area contributed by atoms with Gasteiger partial charge in [-0.1, -0.05) is 13.8 Å². The molecule has 0 aromatic carbocycles. The smallest absolute Gasteiger partial charge is 0.157 e. The van der Waals surface area contributed by atoms with E-state index in [0.29, 0.717) is 12.5 Å². The van der Waals surface area contributed by atoms with Gasteiger partial charge in [-0.3, -0.25) is 9.67 Å². The Bertz CT molecular complexity index is 645. The Kier molecular flexibility index (Phi) is 5.28. The molecule has 126 valence electrons. The zero-order valence-electron chi connectivity index (χ0n) is 14.4. The highest BCUT2D eigenvalue weighted by Gasteiger charge is 2.16. The number of nitrogens with zero attached hydrogens (tertiary/aromatic N) is 3. The van der Waals surface area contributed by atoms with Gasteiger partial charge in [-0.2, -0.15) is 5.10 Å². The summed E-state index contributed by atoms with van der Waals surface area (Å²) >= 11 is 0. The summed E-state index contributed by atoms with van der Waals surface area (Å²) in [4.78, 5) is 4.56. The molecule has 3 heterocycles. The zero-order chi connectivity index (χ0) is 16.2. The first-order valence-corrected chi connectivity index (χ1v) is 8.70. The van der Waals surface area contributed by atoms with Gasteiger partial charge in [0.15, 0.2) is 6.29 Å². The summed E-state index contributed by atoms with van der Waals surface area (Å²) in [6.45, 7) is 5.96. The molecule has 0 radical (unpaired) electrons. The molecule has 1 atom stereocenters. The van der Waals surface area contributed by atoms with E-state index in [1.54, 1.807) is 0 Å². The van der Waals surface area contributed by atoms with Crippen LogP contribution in [0, 0.1) is 0 Å². The number of aromatic nitrogens is 3. The third-order valence-electron chi connectivity index (χ3n) is 4.44. The van der Waals surface area contributed by atoms with Gasteiger partial charge in [0.2, 0.25) is 0 Å². The molecule has 5 heteroatoms. The van der Waals surface area contributed by atoms with Crippen molar-refractivity contribution in [2.45, 2.75) is 58.2 Å². The van der Waals surface area contributed by atoms with Crippen molar-refractivity contribution in [3.63, 3.8) is 0 Å². The number of pyridine rings is 1. The summed E-state index contributed by atoms with van der Waals surface area (Å²) in [7, 11) is 2.01. The van der Waals surface area contributed by atoms with E-state index in [-0.39, 0.29) is 6.29 Å². The van der Waals surface area contributed by atoms with Crippen molar-refractivity contribution < 1.29 is 9.47 Å². The average Bonchev–Trinajstić information content (AvgIpc) is 2.89. The molecule has 1 unspecified atom stereocenters. The maximum Gasteiger partial charge on any atom is 0.157 e. The molecule has 1 aliphatic heterocycles. The minimum Gasteiger partial charge on any atom is -0.353 e. The largest absolute Gasteiger partial charge is 0.353 e. The number of ether oxygens (including phenoxy) is 2. The topological polar surface area (TPSA) is 49.2 Å². The Hall–Kier alpha value is -1.46. The van der Waals surface area contributed by atoms with Crippen molar-refractivity contribution in [1.82, 2.24) is 14.8 Å². The van der Waals surface area contributed by atoms with Gasteiger partial charge in [-0.25, -0.2) is 0 Å². The highest BCUT2D eigenvalue weighted by atomic mass is 16.7. The predicted molar refractivity (Wildman–Crippen MR) is 90.5 cm³/mol. The van der Waals surface area contributed by atoms with Gasteiger partial charge in [0, 0.05) is 19.9 Å². The summed E-state index contributed by atoms with van der Waals surface area (Å²) in [6.07, 6.45) is 7.11. The highest BCUT2D eigenvalue weighted by molar-refractivity contribution is 5.81. The molecule has 0 N–H and O–H groups in total. The first-order chi connectivity index (χ1) is 11.2. The van der Waals surface area contributed by atoms with E-state index in [1.807, 2.05) is 17.9 Å². The third kappa shape index (κ3) is 3.72. The zero-order valence-corrected chi connectivity index (χ0v) is 14.4. The van der Waals surface area contributed by atoms with E-state index in [4.69, 9.17) is 9.47 Å². The Morgan fingerprint density at radius 2 is 2.26 bits per heavy atom. The van der Waals surface area contributed by atoms with Crippen LogP contribution in [0.5, 0.6) is 0 Å². The van der Waals surface area contributed by atoms with Gasteiger partial charge in [0.25, 0.3) is 0 Å². The lowest BCUT2D eigenvalue weighted by atomic mass is 10.0. The molecule has 0 bridgehead atoms. The van der Waals surface area contributed by atoms with Crippen LogP contribution < -0.4 is 0 Å². The highest BCUT2D eigenvalue weighted by Crippen LogP contribution is 2.26. The molecule has 2 aromatic rings. The van der Waals surface area contributed by atoms with Crippen LogP contribution in [-0.4, -0.2) is 34.3 Å². The number of hydrogen-bond acceptors (Lipinski definition) is 4. The molecule has 0 saturated carbocycles. The molecule has 0 spiro atoms. The first-order valence-electron chi connectivity index (χ1n) is 8.70. The van der Waals surface area contributed by atoms with Crippen LogP contribution in [0.15, 0.2) is 12.3 Å². The van der Waals surface area contributed by atoms with E-state index in [1.165, 1.54) is 12.0 Å². The van der Waals surface area contributed by atoms with Crippen LogP contribution in [-0.2, 0) is 22.9 Å². The molecular formula is C18H27N3O2. The predicted octanol–water partition coefficient (Wildman–Crippen LogP) is 3.57. The normalized spacial score (nSPS) is 18.9. The van der Waals surface area contributed by atoms with Crippen molar-refractivity contribution in [2.75, 3.05) is 13.2 Å². The first kappa shape index (κ1) is 16.4.